The van der Waals surface area contributed by atoms with E-state index in [1.54, 1.807) is 0 Å². The molecule has 15 heavy (non-hydrogen) atoms. The summed E-state index contributed by atoms with van der Waals surface area (Å²) in [5, 5.41) is 5.71. The molecule has 0 fully saturated rings. The Morgan fingerprint density at radius 2 is 1.27 bits per heavy atom. The first-order chi connectivity index (χ1) is 5.56. The average Bonchev–Trinajstić information content (AvgIpc) is 1.82. The van der Waals surface area contributed by atoms with Gasteiger partial charge >= 0.3 is 74.3 Å². The Morgan fingerprint density at radius 3 is 1.33 bits per heavy atom. The minimum atomic E-state index is -5.31. The zero-order chi connectivity index (χ0) is 10.9. The van der Waals surface area contributed by atoms with Crippen molar-refractivity contribution >= 4 is 74.3 Å². The van der Waals surface area contributed by atoms with Gasteiger partial charge in [-0.2, -0.15) is 0 Å². The molecular formula is C3H13NNa2O7P2. The van der Waals surface area contributed by atoms with Crippen LogP contribution in [0.3, 0.4) is 0 Å². The zero-order valence-corrected chi connectivity index (χ0v) is 8.23. The van der Waals surface area contributed by atoms with Gasteiger partial charge in [0, 0.05) is 6.42 Å². The molecule has 0 aromatic carbocycles. The van der Waals surface area contributed by atoms with Gasteiger partial charge in [-0.15, -0.1) is 0 Å². The van der Waals surface area contributed by atoms with E-state index in [0.29, 0.717) is 0 Å². The van der Waals surface area contributed by atoms with Crippen LogP contribution in [0.15, 0.2) is 0 Å². The van der Waals surface area contributed by atoms with Gasteiger partial charge in [0.2, 0.25) is 0 Å². The molecule has 0 aliphatic rings. The third kappa shape index (κ3) is 5.59. The topological polar surface area (TPSA) is 161 Å². The molecule has 0 bridgehead atoms. The van der Waals surface area contributed by atoms with Crippen molar-refractivity contribution in [2.24, 2.45) is 5.73 Å². The van der Waals surface area contributed by atoms with Crippen LogP contribution in [-0.2, 0) is 9.13 Å². The van der Waals surface area contributed by atoms with Crippen molar-refractivity contribution in [1.29, 1.82) is 0 Å². The number of rotatable bonds is 4. The Morgan fingerprint density at radius 1 is 1.00 bits per heavy atom. The molecule has 84 valence electrons. The summed E-state index contributed by atoms with van der Waals surface area (Å²) in [4.78, 5) is 34.1. The van der Waals surface area contributed by atoms with Crippen molar-refractivity contribution < 1.29 is 33.8 Å². The molecule has 0 aliphatic carbocycles. The maximum absolute atomic E-state index is 10.6. The minimum absolute atomic E-state index is 0. The SMILES string of the molecule is NCCC(O)(P(=O)(O)O)P(=O)(O)O.[NaH].[NaH]. The first-order valence-corrected chi connectivity index (χ1v) is 6.32. The molecule has 0 aromatic heterocycles. The Kier molecular flexibility index (Phi) is 11.4. The predicted octanol–water partition coefficient (Wildman–Crippen LogP) is -2.96. The van der Waals surface area contributed by atoms with Crippen molar-refractivity contribution in [3.63, 3.8) is 0 Å². The molecule has 0 amide bonds. The number of hydrogen-bond acceptors (Lipinski definition) is 4. The van der Waals surface area contributed by atoms with Crippen LogP contribution in [0.2, 0.25) is 0 Å². The van der Waals surface area contributed by atoms with E-state index in [2.05, 4.69) is 0 Å². The first kappa shape index (κ1) is 22.4. The van der Waals surface area contributed by atoms with E-state index in [1.807, 2.05) is 0 Å². The van der Waals surface area contributed by atoms with Crippen molar-refractivity contribution in [1.82, 2.24) is 0 Å². The van der Waals surface area contributed by atoms with Crippen LogP contribution in [0, 0.1) is 0 Å². The summed E-state index contributed by atoms with van der Waals surface area (Å²) >= 11 is 0. The average molecular weight is 283 g/mol. The fourth-order valence-corrected chi connectivity index (χ4v) is 2.85. The van der Waals surface area contributed by atoms with Gasteiger partial charge in [-0.3, -0.25) is 9.13 Å². The molecule has 0 saturated carbocycles. The van der Waals surface area contributed by atoms with E-state index in [0.717, 1.165) is 0 Å². The van der Waals surface area contributed by atoms with E-state index in [4.69, 9.17) is 30.4 Å². The van der Waals surface area contributed by atoms with Crippen LogP contribution < -0.4 is 5.73 Å². The molecule has 0 atom stereocenters. The molecule has 0 aliphatic heterocycles. The Labute approximate surface area is 131 Å². The van der Waals surface area contributed by atoms with Gasteiger partial charge < -0.3 is 30.4 Å². The molecular weight excluding hydrogens is 270 g/mol. The molecule has 0 radical (unpaired) electrons. The second-order valence-corrected chi connectivity index (χ2v) is 6.41. The Bertz CT molecular complexity index is 251. The summed E-state index contributed by atoms with van der Waals surface area (Å²) in [5.41, 5.74) is 4.86. The summed E-state index contributed by atoms with van der Waals surface area (Å²) in [6, 6.07) is 0. The predicted molar refractivity (Wildman–Crippen MR) is 57.0 cm³/mol. The molecule has 7 N–H and O–H groups in total. The number of hydrogen-bond donors (Lipinski definition) is 6. The van der Waals surface area contributed by atoms with Crippen LogP contribution in [-0.4, -0.2) is 95.4 Å². The Balaban J connectivity index is -0.000000720. The quantitative estimate of drug-likeness (QED) is 0.235. The standard InChI is InChI=1S/C3H11NO7P2.2Na.2H/c4-2-1-3(5,12(6,7)8)13(9,10)11;;;;/h5H,1-2,4H2,(H2,6,7,8)(H2,9,10,11);;;;. The summed E-state index contributed by atoms with van der Waals surface area (Å²) in [5.74, 6) is 0. The van der Waals surface area contributed by atoms with Crippen molar-refractivity contribution in [2.75, 3.05) is 6.54 Å². The van der Waals surface area contributed by atoms with Crippen LogP contribution in [0.5, 0.6) is 0 Å². The van der Waals surface area contributed by atoms with Gasteiger partial charge in [-0.05, 0) is 6.54 Å². The van der Waals surface area contributed by atoms with Crippen molar-refractivity contribution in [3.8, 4) is 0 Å². The van der Waals surface area contributed by atoms with E-state index in [1.165, 1.54) is 0 Å². The van der Waals surface area contributed by atoms with Crippen LogP contribution in [0.1, 0.15) is 6.42 Å². The summed E-state index contributed by atoms with van der Waals surface area (Å²) in [7, 11) is -10.6. The first-order valence-electron chi connectivity index (χ1n) is 3.10. The fraction of sp³-hybridized carbons (Fsp3) is 1.00. The van der Waals surface area contributed by atoms with Gasteiger partial charge in [0.05, 0.1) is 0 Å². The van der Waals surface area contributed by atoms with E-state index in [-0.39, 0.29) is 59.1 Å². The Hall–Kier alpha value is 2.22. The van der Waals surface area contributed by atoms with E-state index in [9.17, 15) is 9.13 Å². The molecule has 0 heterocycles. The molecule has 12 heteroatoms. The van der Waals surface area contributed by atoms with Gasteiger partial charge in [-0.1, -0.05) is 0 Å². The molecule has 0 rings (SSSR count). The molecule has 0 saturated heterocycles. The second kappa shape index (κ2) is 7.61. The second-order valence-electron chi connectivity index (χ2n) is 2.40. The monoisotopic (exact) mass is 283 g/mol. The van der Waals surface area contributed by atoms with Crippen LogP contribution in [0.4, 0.5) is 0 Å². The summed E-state index contributed by atoms with van der Waals surface area (Å²) < 4.78 is 21.2. The zero-order valence-electron chi connectivity index (χ0n) is 6.44. The van der Waals surface area contributed by atoms with E-state index < -0.39 is 33.2 Å². The number of aliphatic hydroxyl groups is 1. The maximum atomic E-state index is 10.6. The van der Waals surface area contributed by atoms with Crippen LogP contribution in [0.25, 0.3) is 0 Å². The van der Waals surface area contributed by atoms with Crippen molar-refractivity contribution in [3.05, 3.63) is 0 Å². The third-order valence-corrected chi connectivity index (χ3v) is 5.29. The van der Waals surface area contributed by atoms with Gasteiger partial charge in [0.15, 0.2) is 0 Å². The van der Waals surface area contributed by atoms with Gasteiger partial charge in [-0.25, -0.2) is 0 Å². The number of nitrogens with two attached hydrogens (primary N) is 1. The van der Waals surface area contributed by atoms with Gasteiger partial charge in [0.25, 0.3) is 5.08 Å². The molecule has 8 nitrogen and oxygen atoms in total. The normalized spacial score (nSPS) is 12.7. The summed E-state index contributed by atoms with van der Waals surface area (Å²) in [6.45, 7) is -0.452. The van der Waals surface area contributed by atoms with Gasteiger partial charge in [0.1, 0.15) is 0 Å². The summed E-state index contributed by atoms with van der Waals surface area (Å²) in [6.07, 6.45) is -0.873. The molecule has 0 unspecified atom stereocenters. The third-order valence-electron chi connectivity index (χ3n) is 1.41. The molecule has 0 aromatic rings. The van der Waals surface area contributed by atoms with Crippen molar-refractivity contribution in [2.45, 2.75) is 11.5 Å². The van der Waals surface area contributed by atoms with E-state index >= 15 is 0 Å². The molecule has 0 spiro atoms. The van der Waals surface area contributed by atoms with Crippen LogP contribution >= 0.6 is 15.2 Å². The fourth-order valence-electron chi connectivity index (χ4n) is 0.655.